The second kappa shape index (κ2) is 9.25. The summed E-state index contributed by atoms with van der Waals surface area (Å²) in [5.41, 5.74) is 1.13. The molecule has 0 saturated carbocycles. The molecule has 6 heteroatoms. The Morgan fingerprint density at radius 3 is 2.52 bits per heavy atom. The number of rotatable bonds is 8. The van der Waals surface area contributed by atoms with Crippen molar-refractivity contribution in [2.45, 2.75) is 32.6 Å². The number of nitrogens with zero attached hydrogens (tertiary/aromatic N) is 1. The number of hydrogen-bond acceptors (Lipinski definition) is 4. The third-order valence-corrected chi connectivity index (χ3v) is 3.75. The molecule has 1 heterocycles. The van der Waals surface area contributed by atoms with Gasteiger partial charge in [-0.1, -0.05) is 24.3 Å². The van der Waals surface area contributed by atoms with Crippen molar-refractivity contribution in [3.05, 3.63) is 59.5 Å². The van der Waals surface area contributed by atoms with Crippen LogP contribution in [0.3, 0.4) is 0 Å². The molecule has 0 radical (unpaired) electrons. The van der Waals surface area contributed by atoms with Crippen LogP contribution in [0.25, 0.3) is 0 Å². The van der Waals surface area contributed by atoms with Crippen LogP contribution >= 0.6 is 0 Å². The van der Waals surface area contributed by atoms with Crippen LogP contribution in [0.4, 0.5) is 0 Å². The fraction of sp³-hybridized carbons (Fsp3) is 0.421. The summed E-state index contributed by atoms with van der Waals surface area (Å²) < 4.78 is 10.4. The molecule has 0 aliphatic carbocycles. The van der Waals surface area contributed by atoms with Crippen molar-refractivity contribution >= 4 is 5.96 Å². The first-order valence-corrected chi connectivity index (χ1v) is 8.40. The van der Waals surface area contributed by atoms with Crippen molar-refractivity contribution in [1.82, 2.24) is 10.6 Å². The third kappa shape index (κ3) is 5.92. The number of methoxy groups -OCH3 is 1. The summed E-state index contributed by atoms with van der Waals surface area (Å²) in [6.45, 7) is 5.89. The van der Waals surface area contributed by atoms with Gasteiger partial charge in [-0.2, -0.15) is 0 Å². The fourth-order valence-electron chi connectivity index (χ4n) is 2.35. The van der Waals surface area contributed by atoms with E-state index in [9.17, 15) is 5.11 Å². The van der Waals surface area contributed by atoms with Crippen molar-refractivity contribution in [2.24, 2.45) is 4.99 Å². The first kappa shape index (κ1) is 19.0. The predicted molar refractivity (Wildman–Crippen MR) is 98.3 cm³/mol. The third-order valence-electron chi connectivity index (χ3n) is 3.75. The molecule has 2 aromatic rings. The van der Waals surface area contributed by atoms with Gasteiger partial charge in [0.25, 0.3) is 0 Å². The number of ether oxygens (including phenoxy) is 1. The maximum Gasteiger partial charge on any atom is 0.191 e. The van der Waals surface area contributed by atoms with E-state index in [1.807, 2.05) is 31.2 Å². The molecule has 1 aromatic carbocycles. The molecule has 0 amide bonds. The van der Waals surface area contributed by atoms with Gasteiger partial charge < -0.3 is 24.9 Å². The highest BCUT2D eigenvalue weighted by Crippen LogP contribution is 2.19. The first-order chi connectivity index (χ1) is 12.0. The second-order valence-electron chi connectivity index (χ2n) is 6.05. The summed E-state index contributed by atoms with van der Waals surface area (Å²) in [5, 5.41) is 16.8. The Morgan fingerprint density at radius 1 is 1.20 bits per heavy atom. The molecule has 1 atom stereocenters. The minimum Gasteiger partial charge on any atom is -0.466 e. The molecular formula is C19H27N3O3. The number of furan rings is 1. The van der Waals surface area contributed by atoms with Crippen LogP contribution in [0.15, 0.2) is 52.1 Å². The largest absolute Gasteiger partial charge is 0.466 e. The second-order valence-corrected chi connectivity index (χ2v) is 6.05. The smallest absolute Gasteiger partial charge is 0.191 e. The summed E-state index contributed by atoms with van der Waals surface area (Å²) in [6.07, 6.45) is 1.55. The molecule has 3 N–H and O–H groups in total. The van der Waals surface area contributed by atoms with Gasteiger partial charge in [0.2, 0.25) is 0 Å². The van der Waals surface area contributed by atoms with E-state index in [4.69, 9.17) is 9.15 Å². The van der Waals surface area contributed by atoms with Crippen LogP contribution in [0.1, 0.15) is 30.7 Å². The molecule has 2 rings (SSSR count). The molecule has 0 saturated heterocycles. The molecule has 0 aliphatic heterocycles. The zero-order chi connectivity index (χ0) is 18.1. The maximum atomic E-state index is 10.5. The van der Waals surface area contributed by atoms with Gasteiger partial charge in [0.05, 0.1) is 26.0 Å². The minimum absolute atomic E-state index is 0.291. The van der Waals surface area contributed by atoms with Crippen molar-refractivity contribution < 1.29 is 14.3 Å². The van der Waals surface area contributed by atoms with Crippen molar-refractivity contribution in [1.29, 1.82) is 0 Å². The Bertz CT molecular complexity index is 649. The highest BCUT2D eigenvalue weighted by Gasteiger charge is 2.26. The summed E-state index contributed by atoms with van der Waals surface area (Å²) >= 11 is 0. The van der Waals surface area contributed by atoms with Crippen molar-refractivity contribution in [2.75, 3.05) is 20.2 Å². The molecule has 6 nitrogen and oxygen atoms in total. The van der Waals surface area contributed by atoms with E-state index >= 15 is 0 Å². The first-order valence-electron chi connectivity index (χ1n) is 8.40. The lowest BCUT2D eigenvalue weighted by Gasteiger charge is -2.22. The zero-order valence-corrected chi connectivity index (χ0v) is 15.1. The molecule has 1 unspecified atom stereocenters. The lowest BCUT2D eigenvalue weighted by atomic mass is 10.0. The average molecular weight is 345 g/mol. The Hall–Kier alpha value is -2.31. The van der Waals surface area contributed by atoms with Crippen LogP contribution in [-0.4, -0.2) is 31.3 Å². The summed E-state index contributed by atoms with van der Waals surface area (Å²) in [7, 11) is 1.68. The highest BCUT2D eigenvalue weighted by atomic mass is 16.5. The van der Waals surface area contributed by atoms with Crippen LogP contribution in [0, 0.1) is 0 Å². The maximum absolute atomic E-state index is 10.5. The van der Waals surface area contributed by atoms with E-state index in [0.29, 0.717) is 31.4 Å². The Kier molecular flexibility index (Phi) is 7.03. The monoisotopic (exact) mass is 345 g/mol. The van der Waals surface area contributed by atoms with Gasteiger partial charge in [-0.15, -0.1) is 0 Å². The van der Waals surface area contributed by atoms with Gasteiger partial charge in [0.1, 0.15) is 11.4 Å². The standard InChI is InChI=1S/C19H27N3O3/c1-4-20-18(22-14-19(2,23)17-6-5-11-25-17)21-12-15-7-9-16(10-8-15)13-24-3/h5-11,23H,4,12-14H2,1-3H3,(H2,20,21,22). The summed E-state index contributed by atoms with van der Waals surface area (Å²) in [5.74, 6) is 1.17. The van der Waals surface area contributed by atoms with E-state index in [-0.39, 0.29) is 0 Å². The SMILES string of the molecule is CCNC(=NCc1ccc(COC)cc1)NCC(C)(O)c1ccco1. The van der Waals surface area contributed by atoms with E-state index < -0.39 is 5.60 Å². The van der Waals surface area contributed by atoms with Crippen LogP contribution in [-0.2, 0) is 23.5 Å². The van der Waals surface area contributed by atoms with E-state index in [0.717, 1.165) is 17.7 Å². The molecule has 0 aliphatic rings. The Balaban J connectivity index is 1.95. The number of aliphatic hydroxyl groups is 1. The molecule has 0 spiro atoms. The molecule has 25 heavy (non-hydrogen) atoms. The lowest BCUT2D eigenvalue weighted by molar-refractivity contribution is 0.0386. The quantitative estimate of drug-likeness (QED) is 0.506. The van der Waals surface area contributed by atoms with E-state index in [1.165, 1.54) is 0 Å². The number of benzene rings is 1. The molecule has 1 aromatic heterocycles. The fourth-order valence-corrected chi connectivity index (χ4v) is 2.35. The highest BCUT2D eigenvalue weighted by molar-refractivity contribution is 5.79. The number of hydrogen-bond donors (Lipinski definition) is 3. The number of aliphatic imine (C=N–C) groups is 1. The van der Waals surface area contributed by atoms with Gasteiger partial charge in [-0.05, 0) is 37.1 Å². The van der Waals surface area contributed by atoms with Gasteiger partial charge in [0, 0.05) is 13.7 Å². The Labute approximate surface area is 148 Å². The van der Waals surface area contributed by atoms with Gasteiger partial charge in [-0.25, -0.2) is 4.99 Å². The van der Waals surface area contributed by atoms with Crippen LogP contribution < -0.4 is 10.6 Å². The van der Waals surface area contributed by atoms with E-state index in [1.54, 1.807) is 32.4 Å². The summed E-state index contributed by atoms with van der Waals surface area (Å²) in [6, 6.07) is 11.7. The van der Waals surface area contributed by atoms with E-state index in [2.05, 4.69) is 15.6 Å². The van der Waals surface area contributed by atoms with Gasteiger partial charge in [-0.3, -0.25) is 0 Å². The number of guanidine groups is 1. The molecule has 136 valence electrons. The topological polar surface area (TPSA) is 79.0 Å². The van der Waals surface area contributed by atoms with Crippen LogP contribution in [0.2, 0.25) is 0 Å². The van der Waals surface area contributed by atoms with Crippen molar-refractivity contribution in [3.8, 4) is 0 Å². The lowest BCUT2D eigenvalue weighted by Crippen LogP contribution is -2.44. The molecule has 0 fully saturated rings. The Morgan fingerprint density at radius 2 is 1.92 bits per heavy atom. The van der Waals surface area contributed by atoms with Gasteiger partial charge >= 0.3 is 0 Å². The minimum atomic E-state index is -1.11. The number of nitrogens with one attached hydrogen (secondary N) is 2. The summed E-state index contributed by atoms with van der Waals surface area (Å²) in [4.78, 5) is 4.57. The molecular weight excluding hydrogens is 318 g/mol. The zero-order valence-electron chi connectivity index (χ0n) is 15.1. The van der Waals surface area contributed by atoms with Gasteiger partial charge in [0.15, 0.2) is 5.96 Å². The normalized spacial score (nSPS) is 14.2. The predicted octanol–water partition coefficient (Wildman–Crippen LogP) is 2.39. The van der Waals surface area contributed by atoms with Crippen LogP contribution in [0.5, 0.6) is 0 Å². The van der Waals surface area contributed by atoms with Crippen molar-refractivity contribution in [3.63, 3.8) is 0 Å². The molecule has 0 bridgehead atoms. The average Bonchev–Trinajstić information content (AvgIpc) is 3.14.